The highest BCUT2D eigenvalue weighted by Crippen LogP contribution is 2.36. The molecule has 3 heterocycles. The highest BCUT2D eigenvalue weighted by molar-refractivity contribution is 7.17. The summed E-state index contributed by atoms with van der Waals surface area (Å²) in [5, 5.41) is 33.9. The van der Waals surface area contributed by atoms with Crippen molar-refractivity contribution in [1.29, 1.82) is 0 Å². The smallest absolute Gasteiger partial charge is 0.296 e. The highest BCUT2D eigenvalue weighted by Gasteiger charge is 2.22. The predicted molar refractivity (Wildman–Crippen MR) is 110 cm³/mol. The molecule has 0 spiro atoms. The quantitative estimate of drug-likeness (QED) is 0.597. The zero-order chi connectivity index (χ0) is 19.7. The van der Waals surface area contributed by atoms with Crippen molar-refractivity contribution in [1.82, 2.24) is 19.7 Å². The number of nitrogens with one attached hydrogen (secondary N) is 1. The Hall–Kier alpha value is -2.49. The number of hydrogen-bond acceptors (Lipinski definition) is 8. The molecule has 1 aliphatic rings. The van der Waals surface area contributed by atoms with Crippen LogP contribution in [0.4, 0.5) is 5.82 Å². The highest BCUT2D eigenvalue weighted by atomic mass is 32.1. The molecular formula is C19H23N5O3S. The van der Waals surface area contributed by atoms with Crippen molar-refractivity contribution in [2.75, 3.05) is 31.6 Å². The lowest BCUT2D eigenvalue weighted by Crippen LogP contribution is -2.44. The van der Waals surface area contributed by atoms with Crippen LogP contribution in [0.2, 0.25) is 0 Å². The number of aromatic hydroxyl groups is 1. The third-order valence-electron chi connectivity index (χ3n) is 5.18. The molecule has 3 N–H and O–H groups in total. The van der Waals surface area contributed by atoms with Gasteiger partial charge in [0.2, 0.25) is 5.82 Å². The number of phenols is 1. The van der Waals surface area contributed by atoms with Crippen LogP contribution in [0, 0.1) is 0 Å². The second kappa shape index (κ2) is 7.86. The van der Waals surface area contributed by atoms with Crippen LogP contribution in [-0.4, -0.2) is 62.2 Å². The largest absolute Gasteiger partial charge is 0.507 e. The molecule has 3 aromatic rings. The molecule has 1 aromatic carbocycles. The maximum absolute atomic E-state index is 12.8. The normalized spacial score (nSPS) is 17.9. The van der Waals surface area contributed by atoms with Crippen molar-refractivity contribution < 1.29 is 10.2 Å². The van der Waals surface area contributed by atoms with Gasteiger partial charge in [0.1, 0.15) is 5.75 Å². The Labute approximate surface area is 166 Å². The van der Waals surface area contributed by atoms with Crippen LogP contribution in [0.1, 0.15) is 12.8 Å². The van der Waals surface area contributed by atoms with E-state index >= 15 is 0 Å². The van der Waals surface area contributed by atoms with Crippen LogP contribution in [0.25, 0.3) is 21.5 Å². The fourth-order valence-electron chi connectivity index (χ4n) is 3.71. The van der Waals surface area contributed by atoms with Crippen LogP contribution in [0.3, 0.4) is 0 Å². The minimum absolute atomic E-state index is 0.0868. The van der Waals surface area contributed by atoms with Gasteiger partial charge in [-0.05, 0) is 43.0 Å². The van der Waals surface area contributed by atoms with Crippen molar-refractivity contribution in [3.8, 4) is 17.1 Å². The molecule has 1 aliphatic heterocycles. The Morgan fingerprint density at radius 3 is 3.00 bits per heavy atom. The van der Waals surface area contributed by atoms with Crippen molar-refractivity contribution >= 4 is 27.2 Å². The van der Waals surface area contributed by atoms with Gasteiger partial charge in [-0.3, -0.25) is 14.3 Å². The summed E-state index contributed by atoms with van der Waals surface area (Å²) in [5.74, 6) is 0.639. The first kappa shape index (κ1) is 18.9. The van der Waals surface area contributed by atoms with Gasteiger partial charge in [0.15, 0.2) is 5.82 Å². The number of rotatable bonds is 5. The summed E-state index contributed by atoms with van der Waals surface area (Å²) in [6, 6.07) is 5.61. The number of aliphatic hydroxyl groups is 1. The molecule has 28 heavy (non-hydrogen) atoms. The van der Waals surface area contributed by atoms with Gasteiger partial charge in [-0.15, -0.1) is 21.5 Å². The topological polar surface area (TPSA) is 104 Å². The molecule has 1 fully saturated rings. The summed E-state index contributed by atoms with van der Waals surface area (Å²) in [6.45, 7) is 2.46. The molecule has 1 saturated heterocycles. The first-order valence-corrected chi connectivity index (χ1v) is 10.2. The molecule has 148 valence electrons. The number of β-amino-alcohol motifs (C(OH)–C–C–N with tert-alkyl or cyclic N) is 1. The molecule has 2 aromatic heterocycles. The van der Waals surface area contributed by atoms with E-state index < -0.39 is 0 Å². The van der Waals surface area contributed by atoms with Crippen LogP contribution in [0.15, 0.2) is 28.4 Å². The van der Waals surface area contributed by atoms with Gasteiger partial charge in [0, 0.05) is 36.3 Å². The number of phenolic OH excluding ortho intramolecular Hbond substituents is 1. The summed E-state index contributed by atoms with van der Waals surface area (Å²) >= 11 is 1.54. The summed E-state index contributed by atoms with van der Waals surface area (Å²) < 4.78 is 2.39. The molecule has 1 atom stereocenters. The number of nitrogens with zero attached hydrogens (tertiary/aromatic N) is 4. The van der Waals surface area contributed by atoms with E-state index in [9.17, 15) is 9.90 Å². The van der Waals surface area contributed by atoms with Gasteiger partial charge >= 0.3 is 0 Å². The Bertz CT molecular complexity index is 1050. The number of aliphatic hydroxyl groups excluding tert-OH is 1. The molecule has 9 heteroatoms. The van der Waals surface area contributed by atoms with Crippen LogP contribution < -0.4 is 10.9 Å². The second-order valence-electron chi connectivity index (χ2n) is 7.04. The van der Waals surface area contributed by atoms with Gasteiger partial charge in [0.05, 0.1) is 12.2 Å². The third kappa shape index (κ3) is 3.48. The first-order chi connectivity index (χ1) is 13.6. The standard InChI is InChI=1S/C19H23N5O3S/c1-23-18(14-4-5-15-13(16(14)26)6-10-28-15)22-21-17(19(23)27)20-12-3-2-7-24(11-12)8-9-25/h4-6,10,12,25-26H,2-3,7-9,11H2,1H3,(H,20,21)/t12-/m1/s1. The summed E-state index contributed by atoms with van der Waals surface area (Å²) in [7, 11) is 1.63. The van der Waals surface area contributed by atoms with E-state index in [4.69, 9.17) is 5.11 Å². The lowest BCUT2D eigenvalue weighted by molar-refractivity contribution is 0.166. The molecular weight excluding hydrogens is 378 g/mol. The summed E-state index contributed by atoms with van der Waals surface area (Å²) in [4.78, 5) is 15.0. The average Bonchev–Trinajstić information content (AvgIpc) is 3.17. The SMILES string of the molecule is Cn1c(-c2ccc3sccc3c2O)nnc(N[C@@H]2CCCN(CCO)C2)c1=O. The minimum atomic E-state index is -0.283. The number of fused-ring (bicyclic) bond motifs is 1. The van der Waals surface area contributed by atoms with Crippen molar-refractivity contribution in [2.24, 2.45) is 7.05 Å². The molecule has 4 rings (SSSR count). The van der Waals surface area contributed by atoms with Gasteiger partial charge in [-0.1, -0.05) is 0 Å². The fraction of sp³-hybridized carbons (Fsp3) is 0.421. The number of anilines is 1. The molecule has 0 radical (unpaired) electrons. The van der Waals surface area contributed by atoms with Crippen LogP contribution >= 0.6 is 11.3 Å². The number of aromatic nitrogens is 3. The average molecular weight is 401 g/mol. The monoisotopic (exact) mass is 401 g/mol. The van der Waals surface area contributed by atoms with E-state index in [-0.39, 0.29) is 29.8 Å². The Kier molecular flexibility index (Phi) is 5.29. The van der Waals surface area contributed by atoms with Crippen molar-refractivity contribution in [2.45, 2.75) is 18.9 Å². The zero-order valence-corrected chi connectivity index (χ0v) is 16.4. The lowest BCUT2D eigenvalue weighted by atomic mass is 10.1. The Morgan fingerprint density at radius 2 is 2.18 bits per heavy atom. The van der Waals surface area contributed by atoms with E-state index in [1.165, 1.54) is 4.57 Å². The van der Waals surface area contributed by atoms with E-state index in [0.717, 1.165) is 36.0 Å². The fourth-order valence-corrected chi connectivity index (χ4v) is 4.50. The number of likely N-dealkylation sites (tertiary alicyclic amines) is 1. The van der Waals surface area contributed by atoms with E-state index in [1.807, 2.05) is 17.5 Å². The lowest BCUT2D eigenvalue weighted by Gasteiger charge is -2.32. The van der Waals surface area contributed by atoms with Gasteiger partial charge < -0.3 is 15.5 Å². The number of hydrogen-bond donors (Lipinski definition) is 3. The van der Waals surface area contributed by atoms with Gasteiger partial charge in [0.25, 0.3) is 5.56 Å². The second-order valence-corrected chi connectivity index (χ2v) is 7.99. The zero-order valence-electron chi connectivity index (χ0n) is 15.6. The van der Waals surface area contributed by atoms with Gasteiger partial charge in [-0.25, -0.2) is 0 Å². The third-order valence-corrected chi connectivity index (χ3v) is 6.06. The number of piperidine rings is 1. The van der Waals surface area contributed by atoms with E-state index in [1.54, 1.807) is 24.5 Å². The first-order valence-electron chi connectivity index (χ1n) is 9.31. The Morgan fingerprint density at radius 1 is 1.32 bits per heavy atom. The van der Waals surface area contributed by atoms with E-state index in [2.05, 4.69) is 20.4 Å². The number of benzene rings is 1. The van der Waals surface area contributed by atoms with Crippen LogP contribution in [0.5, 0.6) is 5.75 Å². The van der Waals surface area contributed by atoms with E-state index in [0.29, 0.717) is 17.9 Å². The molecule has 0 saturated carbocycles. The van der Waals surface area contributed by atoms with Crippen LogP contribution in [-0.2, 0) is 7.05 Å². The summed E-state index contributed by atoms with van der Waals surface area (Å²) in [5.41, 5.74) is 0.199. The maximum Gasteiger partial charge on any atom is 0.296 e. The van der Waals surface area contributed by atoms with Crippen molar-refractivity contribution in [3.63, 3.8) is 0 Å². The Balaban J connectivity index is 1.61. The molecule has 0 bridgehead atoms. The molecule has 8 nitrogen and oxygen atoms in total. The predicted octanol–water partition coefficient (Wildman–Crippen LogP) is 1.63. The van der Waals surface area contributed by atoms with Gasteiger partial charge in [-0.2, -0.15) is 0 Å². The molecule has 0 unspecified atom stereocenters. The maximum atomic E-state index is 12.8. The van der Waals surface area contributed by atoms with Crippen molar-refractivity contribution in [3.05, 3.63) is 33.9 Å². The number of thiophene rings is 1. The molecule has 0 amide bonds. The molecule has 0 aliphatic carbocycles. The summed E-state index contributed by atoms with van der Waals surface area (Å²) in [6.07, 6.45) is 1.93. The minimum Gasteiger partial charge on any atom is -0.507 e.